The van der Waals surface area contributed by atoms with Crippen molar-refractivity contribution >= 4 is 17.6 Å². The topological polar surface area (TPSA) is 79.3 Å². The van der Waals surface area contributed by atoms with Gasteiger partial charge in [0.15, 0.2) is 0 Å². The summed E-state index contributed by atoms with van der Waals surface area (Å²) in [5.74, 6) is -2.46. The number of aromatic carboxylic acids is 1. The molecule has 1 aromatic carbocycles. The van der Waals surface area contributed by atoms with Gasteiger partial charge < -0.3 is 10.4 Å². The highest BCUT2D eigenvalue weighted by atomic mass is 19.1. The van der Waals surface area contributed by atoms with Gasteiger partial charge in [-0.05, 0) is 30.7 Å². The van der Waals surface area contributed by atoms with E-state index in [2.05, 4.69) is 10.3 Å². The lowest BCUT2D eigenvalue weighted by atomic mass is 10.2. The van der Waals surface area contributed by atoms with Gasteiger partial charge in [0, 0.05) is 0 Å². The molecular weight excluding hydrogens is 263 g/mol. The molecule has 1 aromatic heterocycles. The van der Waals surface area contributed by atoms with Crippen molar-refractivity contribution in [3.63, 3.8) is 0 Å². The summed E-state index contributed by atoms with van der Waals surface area (Å²) in [7, 11) is 0. The van der Waals surface area contributed by atoms with E-state index in [1.54, 1.807) is 13.0 Å². The fourth-order valence-electron chi connectivity index (χ4n) is 1.65. The number of hydrogen-bond acceptors (Lipinski definition) is 3. The number of anilines is 1. The summed E-state index contributed by atoms with van der Waals surface area (Å²) < 4.78 is 13.6. The number of rotatable bonds is 3. The van der Waals surface area contributed by atoms with Gasteiger partial charge in [-0.3, -0.25) is 4.79 Å². The van der Waals surface area contributed by atoms with Gasteiger partial charge in [0.2, 0.25) is 0 Å². The predicted octanol–water partition coefficient (Wildman–Crippen LogP) is 2.48. The van der Waals surface area contributed by atoms with E-state index in [1.165, 1.54) is 30.3 Å². The Balaban J connectivity index is 2.29. The van der Waals surface area contributed by atoms with Crippen LogP contribution in [0, 0.1) is 12.7 Å². The van der Waals surface area contributed by atoms with E-state index in [-0.39, 0.29) is 17.1 Å². The number of carbonyl (C=O) groups excluding carboxylic acids is 1. The molecule has 0 atom stereocenters. The van der Waals surface area contributed by atoms with E-state index in [0.717, 1.165) is 0 Å². The molecule has 0 bridgehead atoms. The van der Waals surface area contributed by atoms with Crippen LogP contribution in [-0.4, -0.2) is 22.0 Å². The molecule has 20 heavy (non-hydrogen) atoms. The van der Waals surface area contributed by atoms with Gasteiger partial charge in [-0.15, -0.1) is 0 Å². The summed E-state index contributed by atoms with van der Waals surface area (Å²) >= 11 is 0. The first kappa shape index (κ1) is 13.7. The minimum atomic E-state index is -1.23. The van der Waals surface area contributed by atoms with Crippen LogP contribution in [0.15, 0.2) is 36.4 Å². The molecule has 0 radical (unpaired) electrons. The molecule has 102 valence electrons. The van der Waals surface area contributed by atoms with Gasteiger partial charge in [0.25, 0.3) is 5.91 Å². The molecule has 0 aliphatic carbocycles. The zero-order chi connectivity index (χ0) is 14.7. The van der Waals surface area contributed by atoms with E-state index in [0.29, 0.717) is 5.56 Å². The maximum atomic E-state index is 13.6. The Morgan fingerprint density at radius 3 is 2.45 bits per heavy atom. The first-order chi connectivity index (χ1) is 9.49. The summed E-state index contributed by atoms with van der Waals surface area (Å²) in [5.41, 5.74) is 0.281. The van der Waals surface area contributed by atoms with Crippen LogP contribution in [0.2, 0.25) is 0 Å². The Bertz CT molecular complexity index is 666. The Hall–Kier alpha value is -2.76. The van der Waals surface area contributed by atoms with Crippen LogP contribution in [0.5, 0.6) is 0 Å². The van der Waals surface area contributed by atoms with Crippen molar-refractivity contribution in [2.24, 2.45) is 0 Å². The number of benzene rings is 1. The summed E-state index contributed by atoms with van der Waals surface area (Å²) in [6.07, 6.45) is 0. The molecule has 0 aliphatic rings. The quantitative estimate of drug-likeness (QED) is 0.901. The molecule has 5 nitrogen and oxygen atoms in total. The number of carbonyl (C=O) groups is 2. The summed E-state index contributed by atoms with van der Waals surface area (Å²) in [4.78, 5) is 26.4. The fourth-order valence-corrected chi connectivity index (χ4v) is 1.65. The molecule has 1 amide bonds. The van der Waals surface area contributed by atoms with Gasteiger partial charge in [0.05, 0.1) is 5.69 Å². The Morgan fingerprint density at radius 2 is 1.80 bits per heavy atom. The minimum Gasteiger partial charge on any atom is -0.477 e. The molecule has 0 saturated heterocycles. The Labute approximate surface area is 114 Å². The minimum absolute atomic E-state index is 0.0556. The number of hydrogen-bond donors (Lipinski definition) is 2. The lowest BCUT2D eigenvalue weighted by Gasteiger charge is -2.09. The van der Waals surface area contributed by atoms with Crippen molar-refractivity contribution < 1.29 is 19.1 Å². The van der Waals surface area contributed by atoms with Gasteiger partial charge in [0.1, 0.15) is 17.2 Å². The normalized spacial score (nSPS) is 10.1. The first-order valence-electron chi connectivity index (χ1n) is 5.76. The second-order valence-electron chi connectivity index (χ2n) is 4.10. The highest BCUT2D eigenvalue weighted by molar-refractivity contribution is 6.03. The van der Waals surface area contributed by atoms with E-state index in [9.17, 15) is 14.0 Å². The number of carboxylic acid groups (broad SMARTS) is 1. The lowest BCUT2D eigenvalue weighted by molar-refractivity contribution is 0.0690. The maximum Gasteiger partial charge on any atom is 0.354 e. The molecule has 0 unspecified atom stereocenters. The van der Waals surface area contributed by atoms with Crippen LogP contribution in [0.25, 0.3) is 0 Å². The van der Waals surface area contributed by atoms with E-state index in [1.807, 2.05) is 0 Å². The van der Waals surface area contributed by atoms with Gasteiger partial charge >= 0.3 is 5.97 Å². The average molecular weight is 274 g/mol. The smallest absolute Gasteiger partial charge is 0.354 e. The molecule has 2 N–H and O–H groups in total. The highest BCUT2D eigenvalue weighted by Crippen LogP contribution is 2.19. The summed E-state index contributed by atoms with van der Waals surface area (Å²) in [5, 5.41) is 11.2. The Morgan fingerprint density at radius 1 is 1.15 bits per heavy atom. The van der Waals surface area contributed by atoms with Crippen LogP contribution in [0.1, 0.15) is 26.5 Å². The van der Waals surface area contributed by atoms with Crippen molar-refractivity contribution in [2.45, 2.75) is 6.92 Å². The van der Waals surface area contributed by atoms with E-state index >= 15 is 0 Å². The number of para-hydroxylation sites is 1. The molecule has 6 heteroatoms. The number of aryl methyl sites for hydroxylation is 1. The zero-order valence-electron chi connectivity index (χ0n) is 10.6. The number of amides is 1. The van der Waals surface area contributed by atoms with Crippen molar-refractivity contribution in [3.05, 3.63) is 59.2 Å². The number of carboxylic acids is 1. The molecule has 0 spiro atoms. The first-order valence-corrected chi connectivity index (χ1v) is 5.76. The molecule has 0 saturated carbocycles. The third-order valence-electron chi connectivity index (χ3n) is 2.66. The van der Waals surface area contributed by atoms with Crippen molar-refractivity contribution in [1.82, 2.24) is 4.98 Å². The van der Waals surface area contributed by atoms with Gasteiger partial charge in [-0.1, -0.05) is 18.2 Å². The van der Waals surface area contributed by atoms with Crippen LogP contribution in [0.3, 0.4) is 0 Å². The molecule has 2 rings (SSSR count). The monoisotopic (exact) mass is 274 g/mol. The standard InChI is InChI=1S/C14H11FN2O3/c1-8-4-2-5-9(15)12(8)17-13(18)10-6-3-7-11(16-10)14(19)20/h2-7H,1H3,(H,17,18)(H,19,20). The van der Waals surface area contributed by atoms with Gasteiger partial charge in [-0.2, -0.15) is 0 Å². The fraction of sp³-hybridized carbons (Fsp3) is 0.0714. The zero-order valence-corrected chi connectivity index (χ0v) is 10.6. The lowest BCUT2D eigenvalue weighted by Crippen LogP contribution is -2.17. The molecular formula is C14H11FN2O3. The highest BCUT2D eigenvalue weighted by Gasteiger charge is 2.14. The van der Waals surface area contributed by atoms with Crippen LogP contribution >= 0.6 is 0 Å². The van der Waals surface area contributed by atoms with Crippen molar-refractivity contribution in [3.8, 4) is 0 Å². The van der Waals surface area contributed by atoms with Crippen molar-refractivity contribution in [2.75, 3.05) is 5.32 Å². The molecule has 1 heterocycles. The largest absolute Gasteiger partial charge is 0.477 e. The van der Waals surface area contributed by atoms with Crippen molar-refractivity contribution in [1.29, 1.82) is 0 Å². The van der Waals surface area contributed by atoms with Gasteiger partial charge in [-0.25, -0.2) is 14.2 Å². The van der Waals surface area contributed by atoms with Crippen LogP contribution < -0.4 is 5.32 Å². The number of halogens is 1. The van der Waals surface area contributed by atoms with Crippen LogP contribution in [0.4, 0.5) is 10.1 Å². The predicted molar refractivity (Wildman–Crippen MR) is 70.3 cm³/mol. The third kappa shape index (κ3) is 2.80. The second kappa shape index (κ2) is 5.48. The summed E-state index contributed by atoms with van der Waals surface area (Å²) in [6.45, 7) is 1.65. The molecule has 0 fully saturated rings. The molecule has 0 aliphatic heterocycles. The number of nitrogens with zero attached hydrogens (tertiary/aromatic N) is 1. The van der Waals surface area contributed by atoms with Crippen LogP contribution in [-0.2, 0) is 0 Å². The number of aromatic nitrogens is 1. The van der Waals surface area contributed by atoms with E-state index in [4.69, 9.17) is 5.11 Å². The third-order valence-corrected chi connectivity index (χ3v) is 2.66. The Kier molecular flexibility index (Phi) is 3.74. The average Bonchev–Trinajstić information content (AvgIpc) is 2.43. The van der Waals surface area contributed by atoms with E-state index < -0.39 is 17.7 Å². The molecule has 2 aromatic rings. The maximum absolute atomic E-state index is 13.6. The summed E-state index contributed by atoms with van der Waals surface area (Å²) in [6, 6.07) is 8.44. The number of nitrogens with one attached hydrogen (secondary N) is 1. The SMILES string of the molecule is Cc1cccc(F)c1NC(=O)c1cccc(C(=O)O)n1. The number of pyridine rings is 1. The second-order valence-corrected chi connectivity index (χ2v) is 4.10.